The third kappa shape index (κ3) is 5.66. The van der Waals surface area contributed by atoms with Gasteiger partial charge in [-0.05, 0) is 53.9 Å². The van der Waals surface area contributed by atoms with Gasteiger partial charge in [-0.25, -0.2) is 0 Å². The number of nitrogens with zero attached hydrogens (tertiary/aromatic N) is 2. The standard InChI is InChI=1S/C27H28N2O5/c30-27(14-20-7-8-25-26(13-20)34-19-33-25)29(16-23-5-1-2-10-28-23)15-21-4-3-6-24(12-21)32-18-22-9-11-31-17-22/h1-8,10,12-13,22H,9,11,14-19H2/t22-/m0/s1. The van der Waals surface area contributed by atoms with Gasteiger partial charge in [0.2, 0.25) is 12.7 Å². The lowest BCUT2D eigenvalue weighted by atomic mass is 10.1. The van der Waals surface area contributed by atoms with Crippen molar-refractivity contribution >= 4 is 5.91 Å². The summed E-state index contributed by atoms with van der Waals surface area (Å²) in [4.78, 5) is 19.6. The summed E-state index contributed by atoms with van der Waals surface area (Å²) in [5.41, 5.74) is 2.74. The van der Waals surface area contributed by atoms with Gasteiger partial charge in [-0.15, -0.1) is 0 Å². The van der Waals surface area contributed by atoms with Crippen molar-refractivity contribution in [1.82, 2.24) is 9.88 Å². The maximum absolute atomic E-state index is 13.4. The molecule has 0 aliphatic carbocycles. The van der Waals surface area contributed by atoms with Crippen LogP contribution >= 0.6 is 0 Å². The van der Waals surface area contributed by atoms with Crippen LogP contribution in [-0.4, -0.2) is 42.4 Å². The zero-order valence-electron chi connectivity index (χ0n) is 19.0. The molecule has 0 bridgehead atoms. The highest BCUT2D eigenvalue weighted by Crippen LogP contribution is 2.32. The van der Waals surface area contributed by atoms with Crippen LogP contribution in [-0.2, 0) is 29.0 Å². The van der Waals surface area contributed by atoms with Crippen molar-refractivity contribution in [2.24, 2.45) is 5.92 Å². The van der Waals surface area contributed by atoms with Gasteiger partial charge in [0.15, 0.2) is 11.5 Å². The molecule has 3 heterocycles. The molecule has 7 heteroatoms. The van der Waals surface area contributed by atoms with Gasteiger partial charge < -0.3 is 23.8 Å². The van der Waals surface area contributed by atoms with Gasteiger partial charge in [0.25, 0.3) is 0 Å². The van der Waals surface area contributed by atoms with Crippen LogP contribution in [0.2, 0.25) is 0 Å². The molecule has 0 saturated carbocycles. The molecule has 1 amide bonds. The quantitative estimate of drug-likeness (QED) is 0.481. The SMILES string of the molecule is O=C(Cc1ccc2c(c1)OCO2)N(Cc1cccc(OC[C@H]2CCOC2)c1)Cc1ccccn1. The van der Waals surface area contributed by atoms with E-state index in [-0.39, 0.29) is 19.1 Å². The molecule has 3 aromatic rings. The number of fused-ring (bicyclic) bond motifs is 1. The molecule has 0 N–H and O–H groups in total. The van der Waals surface area contributed by atoms with E-state index in [9.17, 15) is 4.79 Å². The van der Waals surface area contributed by atoms with Gasteiger partial charge in [0.1, 0.15) is 5.75 Å². The van der Waals surface area contributed by atoms with Crippen LogP contribution in [0, 0.1) is 5.92 Å². The second-order valence-corrected chi connectivity index (χ2v) is 8.62. The highest BCUT2D eigenvalue weighted by atomic mass is 16.7. The molecule has 7 nitrogen and oxygen atoms in total. The van der Waals surface area contributed by atoms with Crippen molar-refractivity contribution in [3.8, 4) is 17.2 Å². The van der Waals surface area contributed by atoms with E-state index in [0.29, 0.717) is 37.1 Å². The summed E-state index contributed by atoms with van der Waals surface area (Å²) in [6.07, 6.45) is 3.05. The monoisotopic (exact) mass is 460 g/mol. The zero-order valence-corrected chi connectivity index (χ0v) is 19.0. The molecule has 0 spiro atoms. The van der Waals surface area contributed by atoms with E-state index in [4.69, 9.17) is 18.9 Å². The molecule has 1 saturated heterocycles. The number of pyridine rings is 1. The van der Waals surface area contributed by atoms with Gasteiger partial charge >= 0.3 is 0 Å². The van der Waals surface area contributed by atoms with E-state index in [1.165, 1.54) is 0 Å². The molecular weight excluding hydrogens is 432 g/mol. The van der Waals surface area contributed by atoms with Crippen molar-refractivity contribution < 1.29 is 23.7 Å². The third-order valence-corrected chi connectivity index (χ3v) is 6.01. The number of aromatic nitrogens is 1. The molecule has 176 valence electrons. The predicted octanol–water partition coefficient (Wildman–Crippen LogP) is 4.00. The summed E-state index contributed by atoms with van der Waals surface area (Å²) >= 11 is 0. The topological polar surface area (TPSA) is 70.1 Å². The Labute approximate surface area is 199 Å². The average Bonchev–Trinajstić information content (AvgIpc) is 3.55. The molecule has 2 aliphatic heterocycles. The minimum Gasteiger partial charge on any atom is -0.493 e. The maximum Gasteiger partial charge on any atom is 0.231 e. The third-order valence-electron chi connectivity index (χ3n) is 6.01. The van der Waals surface area contributed by atoms with Gasteiger partial charge in [0, 0.05) is 25.3 Å². The molecule has 1 aromatic heterocycles. The van der Waals surface area contributed by atoms with Crippen molar-refractivity contribution in [1.29, 1.82) is 0 Å². The van der Waals surface area contributed by atoms with E-state index in [1.54, 1.807) is 6.20 Å². The summed E-state index contributed by atoms with van der Waals surface area (Å²) in [5.74, 6) is 2.65. The normalized spacial score (nSPS) is 16.4. The minimum atomic E-state index is 0.0129. The number of rotatable bonds is 9. The van der Waals surface area contributed by atoms with Crippen LogP contribution < -0.4 is 14.2 Å². The Kier molecular flexibility index (Phi) is 6.91. The van der Waals surface area contributed by atoms with Crippen molar-refractivity contribution in [3.05, 3.63) is 83.7 Å². The first-order valence-electron chi connectivity index (χ1n) is 11.6. The van der Waals surface area contributed by atoms with E-state index in [1.807, 2.05) is 65.6 Å². The highest BCUT2D eigenvalue weighted by molar-refractivity contribution is 5.79. The fourth-order valence-electron chi connectivity index (χ4n) is 4.14. The lowest BCUT2D eigenvalue weighted by Crippen LogP contribution is -2.31. The van der Waals surface area contributed by atoms with Crippen molar-refractivity contribution in [2.75, 3.05) is 26.6 Å². The molecule has 0 radical (unpaired) electrons. The Hall–Kier alpha value is -3.58. The van der Waals surface area contributed by atoms with Crippen LogP contribution in [0.3, 0.4) is 0 Å². The van der Waals surface area contributed by atoms with Crippen molar-refractivity contribution in [3.63, 3.8) is 0 Å². The molecular formula is C27H28N2O5. The molecule has 0 unspecified atom stereocenters. The molecule has 34 heavy (non-hydrogen) atoms. The zero-order chi connectivity index (χ0) is 23.2. The summed E-state index contributed by atoms with van der Waals surface area (Å²) in [6.45, 7) is 3.31. The van der Waals surface area contributed by atoms with E-state index >= 15 is 0 Å². The highest BCUT2D eigenvalue weighted by Gasteiger charge is 2.20. The van der Waals surface area contributed by atoms with Crippen LogP contribution in [0.5, 0.6) is 17.2 Å². The molecule has 1 fully saturated rings. The molecule has 1 atom stereocenters. The number of hydrogen-bond donors (Lipinski definition) is 0. The predicted molar refractivity (Wildman–Crippen MR) is 126 cm³/mol. The Morgan fingerprint density at radius 3 is 2.79 bits per heavy atom. The van der Waals surface area contributed by atoms with Gasteiger partial charge in [0.05, 0.1) is 31.9 Å². The Morgan fingerprint density at radius 2 is 1.94 bits per heavy atom. The molecule has 2 aliphatic rings. The lowest BCUT2D eigenvalue weighted by Gasteiger charge is -2.23. The first kappa shape index (κ1) is 22.2. The van der Waals surface area contributed by atoms with Crippen LogP contribution in [0.1, 0.15) is 23.2 Å². The van der Waals surface area contributed by atoms with Gasteiger partial charge in [-0.1, -0.05) is 24.3 Å². The number of carbonyl (C=O) groups is 1. The minimum absolute atomic E-state index is 0.0129. The lowest BCUT2D eigenvalue weighted by molar-refractivity contribution is -0.131. The largest absolute Gasteiger partial charge is 0.493 e. The molecule has 5 rings (SSSR count). The van der Waals surface area contributed by atoms with Crippen molar-refractivity contribution in [2.45, 2.75) is 25.9 Å². The fraction of sp³-hybridized carbons (Fsp3) is 0.333. The van der Waals surface area contributed by atoms with Crippen LogP contribution in [0.15, 0.2) is 66.9 Å². The Bertz CT molecular complexity index is 1120. The number of ether oxygens (including phenoxy) is 4. The van der Waals surface area contributed by atoms with Gasteiger partial charge in [-0.2, -0.15) is 0 Å². The second kappa shape index (κ2) is 10.6. The summed E-state index contributed by atoms with van der Waals surface area (Å²) in [7, 11) is 0. The average molecular weight is 461 g/mol. The Morgan fingerprint density at radius 1 is 1.00 bits per heavy atom. The fourth-order valence-corrected chi connectivity index (χ4v) is 4.14. The van der Waals surface area contributed by atoms with Crippen LogP contribution in [0.4, 0.5) is 0 Å². The number of carbonyl (C=O) groups excluding carboxylic acids is 1. The van der Waals surface area contributed by atoms with Crippen LogP contribution in [0.25, 0.3) is 0 Å². The summed E-state index contributed by atoms with van der Waals surface area (Å²) in [6, 6.07) is 19.3. The second-order valence-electron chi connectivity index (χ2n) is 8.62. The van der Waals surface area contributed by atoms with Gasteiger partial charge in [-0.3, -0.25) is 9.78 Å². The molecule has 2 aromatic carbocycles. The first-order valence-corrected chi connectivity index (χ1v) is 11.6. The first-order chi connectivity index (χ1) is 16.7. The summed E-state index contributed by atoms with van der Waals surface area (Å²) < 4.78 is 22.3. The number of benzene rings is 2. The number of amides is 1. The number of hydrogen-bond acceptors (Lipinski definition) is 6. The van der Waals surface area contributed by atoms with E-state index in [0.717, 1.165) is 42.2 Å². The smallest absolute Gasteiger partial charge is 0.231 e. The van der Waals surface area contributed by atoms with E-state index in [2.05, 4.69) is 4.98 Å². The maximum atomic E-state index is 13.4. The van der Waals surface area contributed by atoms with E-state index < -0.39 is 0 Å². The Balaban J connectivity index is 1.29. The summed E-state index contributed by atoms with van der Waals surface area (Å²) in [5, 5.41) is 0.